The van der Waals surface area contributed by atoms with Crippen molar-refractivity contribution in [2.75, 3.05) is 38.1 Å². The summed E-state index contributed by atoms with van der Waals surface area (Å²) in [5.74, 6) is 2.29. The molecule has 0 unspecified atom stereocenters. The van der Waals surface area contributed by atoms with Gasteiger partial charge >= 0.3 is 6.03 Å². The monoisotopic (exact) mass is 493 g/mol. The molecular formula is C25H27N5O6. The number of benzene rings is 2. The van der Waals surface area contributed by atoms with Crippen LogP contribution < -0.4 is 24.8 Å². The van der Waals surface area contributed by atoms with Crippen molar-refractivity contribution in [3.8, 4) is 23.1 Å². The van der Waals surface area contributed by atoms with E-state index >= 15 is 0 Å². The van der Waals surface area contributed by atoms with Crippen molar-refractivity contribution in [2.45, 2.75) is 19.8 Å². The molecule has 0 atom stereocenters. The zero-order chi connectivity index (χ0) is 25.5. The second kappa shape index (κ2) is 11.4. The van der Waals surface area contributed by atoms with Gasteiger partial charge in [0.15, 0.2) is 11.5 Å². The molecule has 2 aromatic heterocycles. The van der Waals surface area contributed by atoms with Crippen LogP contribution in [0.25, 0.3) is 10.9 Å². The summed E-state index contributed by atoms with van der Waals surface area (Å²) in [6.07, 6.45) is 1.40. The van der Waals surface area contributed by atoms with Crippen LogP contribution in [0.2, 0.25) is 0 Å². The topological polar surface area (TPSA) is 130 Å². The van der Waals surface area contributed by atoms with E-state index in [0.29, 0.717) is 52.9 Å². The van der Waals surface area contributed by atoms with Crippen molar-refractivity contribution in [3.05, 3.63) is 54.5 Å². The number of aromatic nitrogens is 3. The first-order valence-electron chi connectivity index (χ1n) is 11.2. The van der Waals surface area contributed by atoms with E-state index in [9.17, 15) is 4.79 Å². The number of urea groups is 1. The first kappa shape index (κ1) is 24.7. The average molecular weight is 494 g/mol. The molecule has 0 saturated carbocycles. The Balaban J connectivity index is 1.49. The molecule has 0 saturated heterocycles. The third-order valence-corrected chi connectivity index (χ3v) is 5.09. The third-order valence-electron chi connectivity index (χ3n) is 5.09. The molecule has 4 aromatic rings. The maximum Gasteiger partial charge on any atom is 0.326 e. The Labute approximate surface area is 207 Å². The van der Waals surface area contributed by atoms with Gasteiger partial charge in [0, 0.05) is 31.0 Å². The molecule has 11 nitrogen and oxygen atoms in total. The van der Waals surface area contributed by atoms with Gasteiger partial charge in [-0.15, -0.1) is 0 Å². The molecule has 0 aliphatic carbocycles. The Bertz CT molecular complexity index is 1340. The lowest BCUT2D eigenvalue weighted by Crippen LogP contribution is -2.19. The molecule has 2 N–H and O–H groups in total. The van der Waals surface area contributed by atoms with Crippen molar-refractivity contribution >= 4 is 28.5 Å². The number of fused-ring (bicyclic) bond motifs is 1. The number of nitrogens with one attached hydrogen (secondary N) is 2. The minimum absolute atomic E-state index is 0.189. The molecule has 0 aliphatic heterocycles. The van der Waals surface area contributed by atoms with E-state index < -0.39 is 6.03 Å². The zero-order valence-electron chi connectivity index (χ0n) is 20.4. The number of amides is 2. The number of rotatable bonds is 10. The van der Waals surface area contributed by atoms with Crippen molar-refractivity contribution in [1.82, 2.24) is 15.1 Å². The Hall–Kier alpha value is -4.38. The number of carbonyl (C=O) groups excluding carboxylic acids is 1. The number of carbonyl (C=O) groups is 1. The summed E-state index contributed by atoms with van der Waals surface area (Å²) >= 11 is 0. The van der Waals surface area contributed by atoms with Crippen molar-refractivity contribution in [2.24, 2.45) is 0 Å². The minimum atomic E-state index is -0.475. The van der Waals surface area contributed by atoms with Crippen molar-refractivity contribution in [3.63, 3.8) is 0 Å². The van der Waals surface area contributed by atoms with E-state index in [1.165, 1.54) is 6.33 Å². The highest BCUT2D eigenvalue weighted by Gasteiger charge is 2.14. The molecule has 2 heterocycles. The lowest BCUT2D eigenvalue weighted by molar-refractivity contribution is 0.144. The second-order valence-corrected chi connectivity index (χ2v) is 8.02. The van der Waals surface area contributed by atoms with Crippen molar-refractivity contribution in [1.29, 1.82) is 0 Å². The highest BCUT2D eigenvalue weighted by atomic mass is 16.5. The van der Waals surface area contributed by atoms with Crippen LogP contribution in [0.15, 0.2) is 53.3 Å². The average Bonchev–Trinajstić information content (AvgIpc) is 3.33. The van der Waals surface area contributed by atoms with E-state index in [4.69, 9.17) is 23.5 Å². The maximum atomic E-state index is 12.4. The molecule has 0 bridgehead atoms. The Morgan fingerprint density at radius 1 is 1.03 bits per heavy atom. The number of anilines is 2. The first-order valence-corrected chi connectivity index (χ1v) is 11.2. The van der Waals surface area contributed by atoms with E-state index in [1.807, 2.05) is 13.8 Å². The highest BCUT2D eigenvalue weighted by molar-refractivity contribution is 5.99. The minimum Gasteiger partial charge on any atom is -0.493 e. The fourth-order valence-electron chi connectivity index (χ4n) is 3.27. The van der Waals surface area contributed by atoms with Crippen LogP contribution in [-0.2, 0) is 4.74 Å². The fourth-order valence-corrected chi connectivity index (χ4v) is 3.27. The molecule has 11 heteroatoms. The van der Waals surface area contributed by atoms with Gasteiger partial charge in [0.05, 0.1) is 30.3 Å². The molecule has 0 spiro atoms. The van der Waals surface area contributed by atoms with Crippen LogP contribution in [-0.4, -0.2) is 48.6 Å². The molecule has 0 fully saturated rings. The first-order chi connectivity index (χ1) is 17.5. The number of nitrogens with zero attached hydrogens (tertiary/aromatic N) is 3. The number of hydrogen-bond donors (Lipinski definition) is 2. The summed E-state index contributed by atoms with van der Waals surface area (Å²) in [7, 11) is 3.16. The molecule has 36 heavy (non-hydrogen) atoms. The van der Waals surface area contributed by atoms with E-state index in [0.717, 1.165) is 5.69 Å². The molecule has 188 valence electrons. The van der Waals surface area contributed by atoms with E-state index in [-0.39, 0.29) is 11.8 Å². The van der Waals surface area contributed by atoms with Gasteiger partial charge in [0.1, 0.15) is 18.7 Å². The van der Waals surface area contributed by atoms with Crippen LogP contribution in [0.5, 0.6) is 23.1 Å². The predicted octanol–water partition coefficient (Wildman–Crippen LogP) is 5.21. The normalized spacial score (nSPS) is 10.9. The summed E-state index contributed by atoms with van der Waals surface area (Å²) in [6, 6.07) is 11.6. The predicted molar refractivity (Wildman–Crippen MR) is 133 cm³/mol. The quantitative estimate of drug-likeness (QED) is 0.286. The summed E-state index contributed by atoms with van der Waals surface area (Å²) < 4.78 is 27.4. The van der Waals surface area contributed by atoms with Gasteiger partial charge in [-0.05, 0) is 24.1 Å². The Kier molecular flexibility index (Phi) is 7.81. The van der Waals surface area contributed by atoms with Gasteiger partial charge in [-0.2, -0.15) is 0 Å². The second-order valence-electron chi connectivity index (χ2n) is 8.02. The van der Waals surface area contributed by atoms with Crippen LogP contribution in [0.1, 0.15) is 25.5 Å². The summed E-state index contributed by atoms with van der Waals surface area (Å²) in [4.78, 5) is 21.0. The van der Waals surface area contributed by atoms with Gasteiger partial charge < -0.3 is 28.8 Å². The van der Waals surface area contributed by atoms with E-state index in [1.54, 1.807) is 56.7 Å². The smallest absolute Gasteiger partial charge is 0.326 e. The zero-order valence-corrected chi connectivity index (χ0v) is 20.4. The van der Waals surface area contributed by atoms with Crippen LogP contribution in [0.3, 0.4) is 0 Å². The highest BCUT2D eigenvalue weighted by Crippen LogP contribution is 2.36. The summed E-state index contributed by atoms with van der Waals surface area (Å²) in [6.45, 7) is 4.79. The van der Waals surface area contributed by atoms with Crippen LogP contribution >= 0.6 is 0 Å². The Morgan fingerprint density at radius 2 is 1.89 bits per heavy atom. The number of methoxy groups -OCH3 is 2. The molecule has 2 aromatic carbocycles. The number of ether oxygens (including phenoxy) is 4. The van der Waals surface area contributed by atoms with Gasteiger partial charge in [-0.3, -0.25) is 5.32 Å². The Morgan fingerprint density at radius 3 is 2.64 bits per heavy atom. The lowest BCUT2D eigenvalue weighted by atomic mass is 10.1. The number of hydrogen-bond acceptors (Lipinski definition) is 9. The van der Waals surface area contributed by atoms with Crippen LogP contribution in [0, 0.1) is 0 Å². The fraction of sp³-hybridized carbons (Fsp3) is 0.280. The molecule has 2 amide bonds. The largest absolute Gasteiger partial charge is 0.493 e. The summed E-state index contributed by atoms with van der Waals surface area (Å²) in [5, 5.41) is 9.93. The van der Waals surface area contributed by atoms with Crippen LogP contribution in [0.4, 0.5) is 16.4 Å². The van der Waals surface area contributed by atoms with E-state index in [2.05, 4.69) is 25.8 Å². The van der Waals surface area contributed by atoms with Gasteiger partial charge in [-0.25, -0.2) is 14.8 Å². The standard InChI is InChI=1S/C25H27N5O6/c1-15(2)19-13-23(36-30-19)29-25(31)28-16-6-5-7-17(10-16)35-24-18-11-21(33-4)22(34-9-8-32-3)12-20(18)26-14-27-24/h5-7,10-15H,8-9H2,1-4H3,(H2,28,29,31). The molecule has 4 rings (SSSR count). The molecule has 0 radical (unpaired) electrons. The summed E-state index contributed by atoms with van der Waals surface area (Å²) in [5.41, 5.74) is 1.89. The van der Waals surface area contributed by atoms with Gasteiger partial charge in [-0.1, -0.05) is 25.1 Å². The molecular weight excluding hydrogens is 466 g/mol. The SMILES string of the molecule is COCCOc1cc2ncnc(Oc3cccc(NC(=O)Nc4cc(C(C)C)no4)c3)c2cc1OC. The molecule has 0 aliphatic rings. The maximum absolute atomic E-state index is 12.4. The van der Waals surface area contributed by atoms with Gasteiger partial charge in [0.2, 0.25) is 11.8 Å². The van der Waals surface area contributed by atoms with Gasteiger partial charge in [0.25, 0.3) is 0 Å². The third kappa shape index (κ3) is 5.99. The van der Waals surface area contributed by atoms with Crippen molar-refractivity contribution < 1.29 is 28.3 Å². The lowest BCUT2D eigenvalue weighted by Gasteiger charge is -2.13.